The van der Waals surface area contributed by atoms with Crippen LogP contribution < -0.4 is 14.9 Å². The van der Waals surface area contributed by atoms with Crippen LogP contribution in [0.5, 0.6) is 11.5 Å². The van der Waals surface area contributed by atoms with Gasteiger partial charge in [-0.1, -0.05) is 12.1 Å². The van der Waals surface area contributed by atoms with Gasteiger partial charge >= 0.3 is 5.97 Å². The highest BCUT2D eigenvalue weighted by atomic mass is 16.5. The number of esters is 1. The second kappa shape index (κ2) is 6.76. The first-order chi connectivity index (χ1) is 10.5. The zero-order chi connectivity index (χ0) is 16.1. The van der Waals surface area contributed by atoms with Gasteiger partial charge in [-0.3, -0.25) is 4.79 Å². The fourth-order valence-corrected chi connectivity index (χ4v) is 1.84. The number of aryl methyl sites for hydroxylation is 1. The maximum atomic E-state index is 11.8. The Bertz CT molecular complexity index is 757. The largest absolute Gasteiger partial charge is 0.497 e. The van der Waals surface area contributed by atoms with Gasteiger partial charge in [0.1, 0.15) is 5.75 Å². The molecule has 22 heavy (non-hydrogen) atoms. The molecule has 2 aromatic rings. The van der Waals surface area contributed by atoms with E-state index in [0.717, 1.165) is 11.3 Å². The van der Waals surface area contributed by atoms with E-state index in [1.54, 1.807) is 50.1 Å². The predicted octanol–water partition coefficient (Wildman–Crippen LogP) is 2.32. The van der Waals surface area contributed by atoms with Crippen LogP contribution in [0.25, 0.3) is 6.08 Å². The fraction of sp³-hybridized carbons (Fsp3) is 0.176. The van der Waals surface area contributed by atoms with E-state index in [2.05, 4.69) is 0 Å². The van der Waals surface area contributed by atoms with Crippen LogP contribution in [0.3, 0.4) is 0 Å². The number of hydrogen-bond donors (Lipinski definition) is 0. The molecule has 0 saturated heterocycles. The lowest BCUT2D eigenvalue weighted by atomic mass is 10.2. The maximum Gasteiger partial charge on any atom is 0.336 e. The fourth-order valence-electron chi connectivity index (χ4n) is 1.84. The van der Waals surface area contributed by atoms with Crippen molar-refractivity contribution in [1.82, 2.24) is 4.57 Å². The van der Waals surface area contributed by atoms with Crippen LogP contribution in [0.1, 0.15) is 11.3 Å². The van der Waals surface area contributed by atoms with Crippen molar-refractivity contribution in [1.29, 1.82) is 0 Å². The third-order valence-electron chi connectivity index (χ3n) is 3.26. The Balaban J connectivity index is 2.11. The number of ether oxygens (including phenoxy) is 2. The summed E-state index contributed by atoms with van der Waals surface area (Å²) in [7, 11) is 3.37. The first-order valence-electron chi connectivity index (χ1n) is 6.71. The Labute approximate surface area is 128 Å². The first kappa shape index (κ1) is 15.6. The van der Waals surface area contributed by atoms with Crippen molar-refractivity contribution in [2.45, 2.75) is 6.92 Å². The number of rotatable bonds is 4. The predicted molar refractivity (Wildman–Crippen MR) is 84.1 cm³/mol. The van der Waals surface area contributed by atoms with E-state index >= 15 is 0 Å². The molecule has 5 nitrogen and oxygen atoms in total. The van der Waals surface area contributed by atoms with Crippen LogP contribution in [0, 0.1) is 6.92 Å². The molecular weight excluding hydrogens is 282 g/mol. The van der Waals surface area contributed by atoms with Gasteiger partial charge in [0.2, 0.25) is 5.43 Å². The van der Waals surface area contributed by atoms with Gasteiger partial charge in [0.15, 0.2) is 5.75 Å². The summed E-state index contributed by atoms with van der Waals surface area (Å²) in [5.41, 5.74) is 1.11. The maximum absolute atomic E-state index is 11.8. The molecule has 1 aromatic heterocycles. The molecule has 0 atom stereocenters. The Kier molecular flexibility index (Phi) is 4.78. The van der Waals surface area contributed by atoms with Crippen LogP contribution in [0.2, 0.25) is 0 Å². The molecule has 5 heteroatoms. The molecule has 1 heterocycles. The number of nitrogens with zero attached hydrogens (tertiary/aromatic N) is 1. The van der Waals surface area contributed by atoms with Crippen molar-refractivity contribution in [2.75, 3.05) is 7.11 Å². The lowest BCUT2D eigenvalue weighted by Crippen LogP contribution is -2.16. The third-order valence-corrected chi connectivity index (χ3v) is 3.26. The van der Waals surface area contributed by atoms with Gasteiger partial charge in [-0.25, -0.2) is 4.79 Å². The van der Waals surface area contributed by atoms with Crippen molar-refractivity contribution in [2.24, 2.45) is 7.05 Å². The summed E-state index contributed by atoms with van der Waals surface area (Å²) in [5.74, 6) is 0.194. The molecule has 0 bridgehead atoms. The summed E-state index contributed by atoms with van der Waals surface area (Å²) >= 11 is 0. The molecule has 0 aliphatic heterocycles. The lowest BCUT2D eigenvalue weighted by molar-refractivity contribution is -0.129. The Morgan fingerprint density at radius 3 is 2.50 bits per heavy atom. The Morgan fingerprint density at radius 1 is 1.18 bits per heavy atom. The lowest BCUT2D eigenvalue weighted by Gasteiger charge is -2.08. The molecule has 0 radical (unpaired) electrons. The van der Waals surface area contributed by atoms with Crippen LogP contribution in [0.4, 0.5) is 0 Å². The number of pyridine rings is 1. The van der Waals surface area contributed by atoms with Crippen LogP contribution in [-0.2, 0) is 11.8 Å². The topological polar surface area (TPSA) is 57.5 Å². The van der Waals surface area contributed by atoms with E-state index in [-0.39, 0.29) is 11.2 Å². The molecular formula is C17H17NO4. The normalized spacial score (nSPS) is 10.7. The van der Waals surface area contributed by atoms with Crippen molar-refractivity contribution in [3.63, 3.8) is 0 Å². The minimum absolute atomic E-state index is 0.0504. The van der Waals surface area contributed by atoms with Crippen molar-refractivity contribution >= 4 is 12.0 Å². The standard InChI is InChI=1S/C17H17NO4/c1-12-17(15(19)10-11-18(12)2)22-16(20)9-6-13-4-7-14(21-3)8-5-13/h4-11H,1-3H3/b9-6+. The van der Waals surface area contributed by atoms with E-state index in [1.165, 1.54) is 12.1 Å². The van der Waals surface area contributed by atoms with E-state index < -0.39 is 5.97 Å². The van der Waals surface area contributed by atoms with E-state index in [9.17, 15) is 9.59 Å². The molecule has 0 aliphatic carbocycles. The van der Waals surface area contributed by atoms with E-state index in [0.29, 0.717) is 5.69 Å². The molecule has 0 spiro atoms. The second-order valence-corrected chi connectivity index (χ2v) is 4.73. The third kappa shape index (κ3) is 3.63. The minimum Gasteiger partial charge on any atom is -0.497 e. The monoisotopic (exact) mass is 299 g/mol. The minimum atomic E-state index is -0.595. The summed E-state index contributed by atoms with van der Waals surface area (Å²) in [6.45, 7) is 1.72. The SMILES string of the molecule is COc1ccc(/C=C/C(=O)Oc2c(C)n(C)ccc2=O)cc1. The Hall–Kier alpha value is -2.82. The number of benzene rings is 1. The van der Waals surface area contributed by atoms with Gasteiger partial charge in [0.05, 0.1) is 12.8 Å². The zero-order valence-electron chi connectivity index (χ0n) is 12.7. The highest BCUT2D eigenvalue weighted by Crippen LogP contribution is 2.13. The molecule has 0 fully saturated rings. The zero-order valence-corrected chi connectivity index (χ0v) is 12.7. The average molecular weight is 299 g/mol. The molecule has 0 unspecified atom stereocenters. The quantitative estimate of drug-likeness (QED) is 0.642. The van der Waals surface area contributed by atoms with Crippen molar-refractivity contribution < 1.29 is 14.3 Å². The van der Waals surface area contributed by atoms with Gasteiger partial charge in [-0.05, 0) is 30.7 Å². The van der Waals surface area contributed by atoms with Gasteiger partial charge in [0.25, 0.3) is 0 Å². The van der Waals surface area contributed by atoms with Gasteiger partial charge in [-0.15, -0.1) is 0 Å². The number of aromatic nitrogens is 1. The highest BCUT2D eigenvalue weighted by Gasteiger charge is 2.10. The number of carbonyl (C=O) groups is 1. The van der Waals surface area contributed by atoms with Crippen LogP contribution >= 0.6 is 0 Å². The molecule has 0 amide bonds. The summed E-state index contributed by atoms with van der Waals surface area (Å²) < 4.78 is 11.9. The van der Waals surface area contributed by atoms with E-state index in [4.69, 9.17) is 9.47 Å². The smallest absolute Gasteiger partial charge is 0.336 e. The summed E-state index contributed by atoms with van der Waals surface area (Å²) in [5, 5.41) is 0. The molecule has 2 rings (SSSR count). The Morgan fingerprint density at radius 2 is 1.86 bits per heavy atom. The summed E-state index contributed by atoms with van der Waals surface area (Å²) in [6.07, 6.45) is 4.53. The van der Waals surface area contributed by atoms with Gasteiger partial charge in [-0.2, -0.15) is 0 Å². The number of carbonyl (C=O) groups excluding carboxylic acids is 1. The molecule has 0 saturated carbocycles. The summed E-state index contributed by atoms with van der Waals surface area (Å²) in [6, 6.07) is 8.58. The average Bonchev–Trinajstić information content (AvgIpc) is 2.53. The molecule has 0 N–H and O–H groups in total. The van der Waals surface area contributed by atoms with Gasteiger partial charge < -0.3 is 14.0 Å². The van der Waals surface area contributed by atoms with Crippen LogP contribution in [-0.4, -0.2) is 17.6 Å². The number of methoxy groups -OCH3 is 1. The highest BCUT2D eigenvalue weighted by molar-refractivity contribution is 5.88. The molecule has 0 aliphatic rings. The van der Waals surface area contributed by atoms with Gasteiger partial charge in [0, 0.05) is 25.4 Å². The van der Waals surface area contributed by atoms with Crippen molar-refractivity contribution in [3.8, 4) is 11.5 Å². The van der Waals surface area contributed by atoms with Crippen LogP contribution in [0.15, 0.2) is 47.4 Å². The molecule has 114 valence electrons. The first-order valence-corrected chi connectivity index (χ1v) is 6.71. The number of hydrogen-bond acceptors (Lipinski definition) is 4. The summed E-state index contributed by atoms with van der Waals surface area (Å²) in [4.78, 5) is 23.6. The second-order valence-electron chi connectivity index (χ2n) is 4.73. The van der Waals surface area contributed by atoms with Crippen molar-refractivity contribution in [3.05, 3.63) is 64.1 Å². The van der Waals surface area contributed by atoms with E-state index in [1.807, 2.05) is 12.1 Å². The molecule has 1 aromatic carbocycles.